The van der Waals surface area contributed by atoms with E-state index in [0.29, 0.717) is 28.3 Å². The first-order valence-electron chi connectivity index (χ1n) is 6.46. The fraction of sp³-hybridized carbons (Fsp3) is 0.267. The Bertz CT molecular complexity index is 666. The first-order valence-corrected chi connectivity index (χ1v) is 6.46. The van der Waals surface area contributed by atoms with Crippen molar-refractivity contribution in [3.8, 4) is 11.5 Å². The van der Waals surface area contributed by atoms with Gasteiger partial charge in [-0.2, -0.15) is 0 Å². The molecule has 6 heteroatoms. The number of benzene rings is 1. The summed E-state index contributed by atoms with van der Waals surface area (Å²) in [5.41, 5.74) is 1.84. The standard InChI is InChI=1S/C15H16N2O4/c1-9-7-15(10(2)6-14(9)17(19)20)21-12-4-5-13(11(3)18)16-8-12/h4-8,11,18H,1-3H3/t11-/m0/s1. The van der Waals surface area contributed by atoms with Crippen molar-refractivity contribution in [2.45, 2.75) is 26.9 Å². The van der Waals surface area contributed by atoms with Gasteiger partial charge < -0.3 is 9.84 Å². The Morgan fingerprint density at radius 2 is 2.00 bits per heavy atom. The number of hydrogen-bond acceptors (Lipinski definition) is 5. The summed E-state index contributed by atoms with van der Waals surface area (Å²) in [7, 11) is 0. The van der Waals surface area contributed by atoms with Gasteiger partial charge in [0.1, 0.15) is 11.5 Å². The normalized spacial score (nSPS) is 12.0. The predicted molar refractivity (Wildman–Crippen MR) is 77.5 cm³/mol. The van der Waals surface area contributed by atoms with Crippen LogP contribution in [0.5, 0.6) is 11.5 Å². The van der Waals surface area contributed by atoms with E-state index in [0.717, 1.165) is 0 Å². The average Bonchev–Trinajstić information content (AvgIpc) is 2.42. The summed E-state index contributed by atoms with van der Waals surface area (Å²) in [6.45, 7) is 5.05. The molecule has 0 fully saturated rings. The van der Waals surface area contributed by atoms with Crippen LogP contribution in [0.15, 0.2) is 30.5 Å². The van der Waals surface area contributed by atoms with Crippen LogP contribution in [0, 0.1) is 24.0 Å². The number of nitrogens with zero attached hydrogens (tertiary/aromatic N) is 2. The van der Waals surface area contributed by atoms with E-state index in [2.05, 4.69) is 4.98 Å². The van der Waals surface area contributed by atoms with Gasteiger partial charge >= 0.3 is 0 Å². The maximum atomic E-state index is 10.9. The van der Waals surface area contributed by atoms with Crippen LogP contribution in [-0.4, -0.2) is 15.0 Å². The van der Waals surface area contributed by atoms with Gasteiger partial charge in [0.2, 0.25) is 0 Å². The number of aliphatic hydroxyl groups is 1. The minimum Gasteiger partial charge on any atom is -0.455 e. The van der Waals surface area contributed by atoms with Crippen molar-refractivity contribution >= 4 is 5.69 Å². The second-order valence-electron chi connectivity index (χ2n) is 4.86. The molecule has 6 nitrogen and oxygen atoms in total. The molecule has 2 rings (SSSR count). The molecule has 1 aromatic heterocycles. The van der Waals surface area contributed by atoms with Crippen LogP contribution in [0.1, 0.15) is 29.8 Å². The highest BCUT2D eigenvalue weighted by atomic mass is 16.6. The van der Waals surface area contributed by atoms with Crippen molar-refractivity contribution in [3.05, 3.63) is 57.4 Å². The van der Waals surface area contributed by atoms with Crippen molar-refractivity contribution in [2.24, 2.45) is 0 Å². The van der Waals surface area contributed by atoms with Crippen molar-refractivity contribution in [2.75, 3.05) is 0 Å². The zero-order valence-corrected chi connectivity index (χ0v) is 12.0. The highest BCUT2D eigenvalue weighted by molar-refractivity contribution is 5.50. The molecular formula is C15H16N2O4. The lowest BCUT2D eigenvalue weighted by atomic mass is 10.1. The Morgan fingerprint density at radius 1 is 1.29 bits per heavy atom. The van der Waals surface area contributed by atoms with Gasteiger partial charge in [0, 0.05) is 11.6 Å². The second-order valence-corrected chi connectivity index (χ2v) is 4.86. The molecule has 0 radical (unpaired) electrons. The van der Waals surface area contributed by atoms with E-state index < -0.39 is 11.0 Å². The van der Waals surface area contributed by atoms with Gasteiger partial charge in [-0.1, -0.05) is 0 Å². The number of aromatic nitrogens is 1. The Balaban J connectivity index is 2.27. The van der Waals surface area contributed by atoms with Gasteiger partial charge in [-0.05, 0) is 44.5 Å². The molecule has 0 bridgehead atoms. The summed E-state index contributed by atoms with van der Waals surface area (Å²) in [4.78, 5) is 14.6. The smallest absolute Gasteiger partial charge is 0.272 e. The number of hydrogen-bond donors (Lipinski definition) is 1. The van der Waals surface area contributed by atoms with Crippen LogP contribution in [-0.2, 0) is 0 Å². The van der Waals surface area contributed by atoms with Crippen LogP contribution in [0.2, 0.25) is 0 Å². The van der Waals surface area contributed by atoms with E-state index in [1.165, 1.54) is 12.3 Å². The van der Waals surface area contributed by atoms with E-state index >= 15 is 0 Å². The molecule has 0 amide bonds. The molecule has 21 heavy (non-hydrogen) atoms. The highest BCUT2D eigenvalue weighted by Gasteiger charge is 2.14. The fourth-order valence-electron chi connectivity index (χ4n) is 1.91. The molecule has 0 spiro atoms. The predicted octanol–water partition coefficient (Wildman–Crippen LogP) is 3.45. The molecule has 1 aromatic carbocycles. The Morgan fingerprint density at radius 3 is 2.52 bits per heavy atom. The summed E-state index contributed by atoms with van der Waals surface area (Å²) in [6.07, 6.45) is 0.875. The Hall–Kier alpha value is -2.47. The molecule has 110 valence electrons. The minimum absolute atomic E-state index is 0.0717. The van der Waals surface area contributed by atoms with E-state index in [9.17, 15) is 15.2 Å². The number of ether oxygens (including phenoxy) is 1. The fourth-order valence-corrected chi connectivity index (χ4v) is 1.91. The lowest BCUT2D eigenvalue weighted by Gasteiger charge is -2.10. The number of nitro benzene ring substituents is 1. The van der Waals surface area contributed by atoms with E-state index in [4.69, 9.17) is 4.74 Å². The third-order valence-corrected chi connectivity index (χ3v) is 3.11. The zero-order chi connectivity index (χ0) is 15.6. The SMILES string of the molecule is Cc1cc([N+](=O)[O-])c(C)cc1Oc1ccc([C@H](C)O)nc1. The maximum absolute atomic E-state index is 10.9. The van der Waals surface area contributed by atoms with Gasteiger partial charge in [0.15, 0.2) is 0 Å². The third kappa shape index (κ3) is 3.35. The van der Waals surface area contributed by atoms with Gasteiger partial charge in [-0.25, -0.2) is 0 Å². The van der Waals surface area contributed by atoms with Gasteiger partial charge in [0.05, 0.1) is 22.9 Å². The third-order valence-electron chi connectivity index (χ3n) is 3.11. The number of pyridine rings is 1. The van der Waals surface area contributed by atoms with Crippen molar-refractivity contribution in [3.63, 3.8) is 0 Å². The Kier molecular flexibility index (Phi) is 4.18. The molecule has 0 saturated carbocycles. The Labute approximate surface area is 122 Å². The van der Waals surface area contributed by atoms with Gasteiger partial charge in [-0.15, -0.1) is 0 Å². The maximum Gasteiger partial charge on any atom is 0.272 e. The molecule has 1 N–H and O–H groups in total. The van der Waals surface area contributed by atoms with Crippen molar-refractivity contribution in [1.29, 1.82) is 0 Å². The minimum atomic E-state index is -0.637. The molecule has 1 heterocycles. The summed E-state index contributed by atoms with van der Waals surface area (Å²) >= 11 is 0. The van der Waals surface area contributed by atoms with Crippen LogP contribution in [0.25, 0.3) is 0 Å². The lowest BCUT2D eigenvalue weighted by molar-refractivity contribution is -0.385. The van der Waals surface area contributed by atoms with E-state index in [1.807, 2.05) is 0 Å². The van der Waals surface area contributed by atoms with Crippen molar-refractivity contribution in [1.82, 2.24) is 4.98 Å². The number of aliphatic hydroxyl groups excluding tert-OH is 1. The van der Waals surface area contributed by atoms with Crippen molar-refractivity contribution < 1.29 is 14.8 Å². The summed E-state index contributed by atoms with van der Waals surface area (Å²) < 4.78 is 5.69. The first kappa shape index (κ1) is 14.9. The summed E-state index contributed by atoms with van der Waals surface area (Å²) in [5.74, 6) is 1.06. The molecule has 0 unspecified atom stereocenters. The highest BCUT2D eigenvalue weighted by Crippen LogP contribution is 2.31. The lowest BCUT2D eigenvalue weighted by Crippen LogP contribution is -1.97. The molecular weight excluding hydrogens is 272 g/mol. The zero-order valence-electron chi connectivity index (χ0n) is 12.0. The largest absolute Gasteiger partial charge is 0.455 e. The first-order chi connectivity index (χ1) is 9.88. The van der Waals surface area contributed by atoms with Crippen LogP contribution in [0.3, 0.4) is 0 Å². The van der Waals surface area contributed by atoms with Crippen LogP contribution < -0.4 is 4.74 Å². The van der Waals surface area contributed by atoms with Gasteiger partial charge in [-0.3, -0.25) is 15.1 Å². The summed E-state index contributed by atoms with van der Waals surface area (Å²) in [5, 5.41) is 20.3. The molecule has 2 aromatic rings. The molecule has 0 aliphatic heterocycles. The van der Waals surface area contributed by atoms with Crippen LogP contribution >= 0.6 is 0 Å². The molecule has 0 aliphatic carbocycles. The number of aryl methyl sites for hydroxylation is 2. The second kappa shape index (κ2) is 5.88. The monoisotopic (exact) mass is 288 g/mol. The average molecular weight is 288 g/mol. The molecule has 1 atom stereocenters. The summed E-state index contributed by atoms with van der Waals surface area (Å²) in [6, 6.07) is 6.50. The quantitative estimate of drug-likeness (QED) is 0.688. The van der Waals surface area contributed by atoms with E-state index in [1.54, 1.807) is 39.0 Å². The topological polar surface area (TPSA) is 85.5 Å². The van der Waals surface area contributed by atoms with Gasteiger partial charge in [0.25, 0.3) is 5.69 Å². The molecule has 0 aliphatic rings. The van der Waals surface area contributed by atoms with Crippen LogP contribution in [0.4, 0.5) is 5.69 Å². The molecule has 0 saturated heterocycles. The number of nitro groups is 1. The van der Waals surface area contributed by atoms with E-state index in [-0.39, 0.29) is 5.69 Å². The number of rotatable bonds is 4.